The highest BCUT2D eigenvalue weighted by molar-refractivity contribution is 9.10. The predicted octanol–water partition coefficient (Wildman–Crippen LogP) is 3.80. The Morgan fingerprint density at radius 2 is 2.00 bits per heavy atom. The lowest BCUT2D eigenvalue weighted by atomic mass is 10.0. The van der Waals surface area contributed by atoms with Crippen molar-refractivity contribution in [2.75, 3.05) is 4.90 Å². The summed E-state index contributed by atoms with van der Waals surface area (Å²) in [6, 6.07) is 12.9. The van der Waals surface area contributed by atoms with Gasteiger partial charge in [-0.1, -0.05) is 40.2 Å². The van der Waals surface area contributed by atoms with E-state index in [2.05, 4.69) is 15.9 Å². The Balaban J connectivity index is 1.93. The molecule has 22 heavy (non-hydrogen) atoms. The molecule has 1 unspecified atom stereocenters. The molecule has 3 rings (SSSR count). The van der Waals surface area contributed by atoms with Crippen LogP contribution in [0.4, 0.5) is 5.69 Å². The van der Waals surface area contributed by atoms with E-state index in [0.717, 1.165) is 16.8 Å². The normalized spacial score (nSPS) is 14.8. The molecule has 1 aliphatic rings. The minimum absolute atomic E-state index is 0.0264. The second-order valence-electron chi connectivity index (χ2n) is 5.31. The summed E-state index contributed by atoms with van der Waals surface area (Å²) in [6.07, 6.45) is 0. The van der Waals surface area contributed by atoms with Gasteiger partial charge in [-0.05, 0) is 36.2 Å². The molecule has 0 radical (unpaired) electrons. The topological polar surface area (TPSA) is 57.6 Å². The monoisotopic (exact) mass is 359 g/mol. The van der Waals surface area contributed by atoms with Crippen LogP contribution in [-0.2, 0) is 11.3 Å². The van der Waals surface area contributed by atoms with Gasteiger partial charge in [-0.2, -0.15) is 0 Å². The molecule has 2 aromatic carbocycles. The van der Waals surface area contributed by atoms with Crippen LogP contribution in [0.5, 0.6) is 0 Å². The first-order valence-corrected chi connectivity index (χ1v) is 7.70. The van der Waals surface area contributed by atoms with E-state index >= 15 is 0 Å². The van der Waals surface area contributed by atoms with E-state index in [1.807, 2.05) is 24.3 Å². The summed E-state index contributed by atoms with van der Waals surface area (Å²) >= 11 is 3.42. The largest absolute Gasteiger partial charge is 0.481 e. The van der Waals surface area contributed by atoms with E-state index < -0.39 is 11.9 Å². The third kappa shape index (κ3) is 2.41. The summed E-state index contributed by atoms with van der Waals surface area (Å²) in [6.45, 7) is 2.17. The summed E-state index contributed by atoms with van der Waals surface area (Å²) in [5, 5.41) is 9.12. The third-order valence-electron chi connectivity index (χ3n) is 3.95. The number of nitrogens with zero attached hydrogens (tertiary/aromatic N) is 1. The van der Waals surface area contributed by atoms with Gasteiger partial charge in [0.05, 0.1) is 12.5 Å². The molecule has 112 valence electrons. The summed E-state index contributed by atoms with van der Waals surface area (Å²) in [5.74, 6) is -1.51. The van der Waals surface area contributed by atoms with E-state index in [0.29, 0.717) is 16.6 Å². The average Bonchev–Trinajstić information content (AvgIpc) is 2.84. The van der Waals surface area contributed by atoms with Crippen molar-refractivity contribution in [2.24, 2.45) is 0 Å². The molecule has 0 saturated carbocycles. The van der Waals surface area contributed by atoms with Gasteiger partial charge in [-0.3, -0.25) is 9.59 Å². The van der Waals surface area contributed by atoms with Crippen LogP contribution >= 0.6 is 15.9 Å². The Morgan fingerprint density at radius 3 is 2.64 bits per heavy atom. The molecule has 0 fully saturated rings. The maximum Gasteiger partial charge on any atom is 0.310 e. The van der Waals surface area contributed by atoms with Crippen LogP contribution in [0, 0.1) is 0 Å². The zero-order valence-corrected chi connectivity index (χ0v) is 13.5. The van der Waals surface area contributed by atoms with Crippen molar-refractivity contribution in [3.05, 3.63) is 63.6 Å². The van der Waals surface area contributed by atoms with Crippen LogP contribution in [0.1, 0.15) is 34.3 Å². The van der Waals surface area contributed by atoms with E-state index in [-0.39, 0.29) is 5.91 Å². The van der Waals surface area contributed by atoms with Crippen LogP contribution in [0.15, 0.2) is 46.9 Å². The van der Waals surface area contributed by atoms with Crippen molar-refractivity contribution in [3.8, 4) is 0 Å². The van der Waals surface area contributed by atoms with Gasteiger partial charge in [0.15, 0.2) is 0 Å². The summed E-state index contributed by atoms with van der Waals surface area (Å²) < 4.78 is 0.698. The van der Waals surface area contributed by atoms with Crippen molar-refractivity contribution in [3.63, 3.8) is 0 Å². The number of fused-ring (bicyclic) bond motifs is 1. The molecular formula is C17H14BrNO3. The second-order valence-corrected chi connectivity index (χ2v) is 6.17. The van der Waals surface area contributed by atoms with Crippen LogP contribution in [0.3, 0.4) is 0 Å². The van der Waals surface area contributed by atoms with Gasteiger partial charge in [-0.25, -0.2) is 0 Å². The molecule has 0 spiro atoms. The van der Waals surface area contributed by atoms with Gasteiger partial charge in [0.2, 0.25) is 0 Å². The first kappa shape index (κ1) is 14.8. The van der Waals surface area contributed by atoms with Crippen molar-refractivity contribution in [1.29, 1.82) is 0 Å². The smallest absolute Gasteiger partial charge is 0.310 e. The van der Waals surface area contributed by atoms with Gasteiger partial charge in [0.1, 0.15) is 0 Å². The standard InChI is InChI=1S/C17H14BrNO3/c1-10(17(21)22)13-7-6-12(8-15(13)18)19-9-11-4-2-3-5-14(11)16(19)20/h2-8,10H,9H2,1H3,(H,21,22). The fraction of sp³-hybridized carbons (Fsp3) is 0.176. The third-order valence-corrected chi connectivity index (χ3v) is 4.64. The molecule has 0 aromatic heterocycles. The fourth-order valence-corrected chi connectivity index (χ4v) is 3.34. The van der Waals surface area contributed by atoms with Gasteiger partial charge >= 0.3 is 5.97 Å². The maximum atomic E-state index is 12.5. The molecule has 4 nitrogen and oxygen atoms in total. The molecule has 2 aromatic rings. The minimum Gasteiger partial charge on any atom is -0.481 e. The summed E-state index contributed by atoms with van der Waals surface area (Å²) in [5.41, 5.74) is 3.18. The Morgan fingerprint density at radius 1 is 1.27 bits per heavy atom. The molecule has 1 atom stereocenters. The minimum atomic E-state index is -0.877. The molecule has 1 amide bonds. The lowest BCUT2D eigenvalue weighted by molar-refractivity contribution is -0.138. The molecule has 1 heterocycles. The Labute approximate surface area is 136 Å². The number of carbonyl (C=O) groups excluding carboxylic acids is 1. The summed E-state index contributed by atoms with van der Waals surface area (Å²) in [7, 11) is 0. The fourth-order valence-electron chi connectivity index (χ4n) is 2.63. The Hall–Kier alpha value is -2.14. The second kappa shape index (κ2) is 5.57. The number of aliphatic carboxylic acids is 1. The maximum absolute atomic E-state index is 12.5. The van der Waals surface area contributed by atoms with Crippen LogP contribution in [0.2, 0.25) is 0 Å². The average molecular weight is 360 g/mol. The number of amides is 1. The molecule has 1 aliphatic heterocycles. The van der Waals surface area contributed by atoms with Crippen molar-refractivity contribution in [2.45, 2.75) is 19.4 Å². The number of carboxylic acids is 1. The molecular weight excluding hydrogens is 346 g/mol. The van der Waals surface area contributed by atoms with E-state index in [1.165, 1.54) is 0 Å². The molecule has 0 saturated heterocycles. The first-order chi connectivity index (χ1) is 10.5. The number of carboxylic acid groups (broad SMARTS) is 1. The molecule has 5 heteroatoms. The van der Waals surface area contributed by atoms with Crippen LogP contribution in [-0.4, -0.2) is 17.0 Å². The zero-order chi connectivity index (χ0) is 15.9. The number of benzene rings is 2. The van der Waals surface area contributed by atoms with Gasteiger partial charge in [-0.15, -0.1) is 0 Å². The highest BCUT2D eigenvalue weighted by atomic mass is 79.9. The van der Waals surface area contributed by atoms with Crippen LogP contribution in [0.25, 0.3) is 0 Å². The van der Waals surface area contributed by atoms with E-state index in [9.17, 15) is 9.59 Å². The molecule has 0 bridgehead atoms. The van der Waals surface area contributed by atoms with Crippen LogP contribution < -0.4 is 4.90 Å². The van der Waals surface area contributed by atoms with E-state index in [4.69, 9.17) is 5.11 Å². The highest BCUT2D eigenvalue weighted by Gasteiger charge is 2.28. The van der Waals surface area contributed by atoms with Gasteiger partial charge < -0.3 is 10.0 Å². The number of hydrogen-bond donors (Lipinski definition) is 1. The lowest BCUT2D eigenvalue weighted by Crippen LogP contribution is -2.23. The van der Waals surface area contributed by atoms with E-state index in [1.54, 1.807) is 30.0 Å². The number of halogens is 1. The zero-order valence-electron chi connectivity index (χ0n) is 11.9. The summed E-state index contributed by atoms with van der Waals surface area (Å²) in [4.78, 5) is 25.3. The first-order valence-electron chi connectivity index (χ1n) is 6.91. The quantitative estimate of drug-likeness (QED) is 0.906. The van der Waals surface area contributed by atoms with Crippen molar-refractivity contribution < 1.29 is 14.7 Å². The number of anilines is 1. The Bertz CT molecular complexity index is 772. The number of carbonyl (C=O) groups is 2. The Kier molecular flexibility index (Phi) is 3.74. The highest BCUT2D eigenvalue weighted by Crippen LogP contribution is 2.33. The SMILES string of the molecule is CC(C(=O)O)c1ccc(N2Cc3ccccc3C2=O)cc1Br. The lowest BCUT2D eigenvalue weighted by Gasteiger charge is -2.18. The number of rotatable bonds is 3. The van der Waals surface area contributed by atoms with Crippen molar-refractivity contribution >= 4 is 33.5 Å². The predicted molar refractivity (Wildman–Crippen MR) is 87.1 cm³/mol. The van der Waals surface area contributed by atoms with Crippen molar-refractivity contribution in [1.82, 2.24) is 0 Å². The molecule has 0 aliphatic carbocycles. The molecule has 1 N–H and O–H groups in total. The van der Waals surface area contributed by atoms with Gasteiger partial charge in [0.25, 0.3) is 5.91 Å². The number of hydrogen-bond acceptors (Lipinski definition) is 2. The van der Waals surface area contributed by atoms with Gasteiger partial charge in [0, 0.05) is 15.7 Å².